The second-order valence-corrected chi connectivity index (χ2v) is 7.27. The van der Waals surface area contributed by atoms with Crippen molar-refractivity contribution in [1.29, 1.82) is 0 Å². The van der Waals surface area contributed by atoms with Crippen LogP contribution >= 0.6 is 0 Å². The molecule has 0 N–H and O–H groups in total. The van der Waals surface area contributed by atoms with E-state index >= 15 is 0 Å². The number of halogens is 3. The maximum atomic E-state index is 13.4. The summed E-state index contributed by atoms with van der Waals surface area (Å²) in [5.74, 6) is -0.656. The summed E-state index contributed by atoms with van der Waals surface area (Å²) in [6.45, 7) is 5.58. The minimum atomic E-state index is -4.61. The van der Waals surface area contributed by atoms with Gasteiger partial charge < -0.3 is 4.74 Å². The molecule has 1 amide bonds. The summed E-state index contributed by atoms with van der Waals surface area (Å²) in [6.07, 6.45) is -0.639. The molecule has 0 bridgehead atoms. The first-order valence-corrected chi connectivity index (χ1v) is 9.73. The highest BCUT2D eigenvalue weighted by Crippen LogP contribution is 2.39. The van der Waals surface area contributed by atoms with Gasteiger partial charge in [-0.1, -0.05) is 0 Å². The average molecular weight is 431 g/mol. The lowest BCUT2D eigenvalue weighted by Crippen LogP contribution is -2.43. The van der Waals surface area contributed by atoms with Gasteiger partial charge in [0.1, 0.15) is 22.8 Å². The van der Waals surface area contributed by atoms with Crippen LogP contribution in [0.1, 0.15) is 41.6 Å². The Kier molecular flexibility index (Phi) is 5.16. The Labute approximate surface area is 176 Å². The zero-order valence-corrected chi connectivity index (χ0v) is 17.1. The van der Waals surface area contributed by atoms with E-state index in [0.717, 1.165) is 11.3 Å². The third-order valence-electron chi connectivity index (χ3n) is 5.05. The Morgan fingerprint density at radius 3 is 2.68 bits per heavy atom. The topological polar surface area (TPSA) is 73.1 Å². The highest BCUT2D eigenvalue weighted by molar-refractivity contribution is 6.09. The number of anilines is 1. The number of aryl methyl sites for hydroxylation is 1. The van der Waals surface area contributed by atoms with Gasteiger partial charge in [0, 0.05) is 36.3 Å². The van der Waals surface area contributed by atoms with Gasteiger partial charge in [0.2, 0.25) is 0 Å². The van der Waals surface area contributed by atoms with Crippen molar-refractivity contribution >= 4 is 11.7 Å². The molecule has 4 heterocycles. The summed E-state index contributed by atoms with van der Waals surface area (Å²) in [5, 5.41) is 4.37. The fraction of sp³-hybridized carbons (Fsp3) is 0.333. The molecule has 3 aromatic rings. The van der Waals surface area contributed by atoms with Crippen molar-refractivity contribution in [2.24, 2.45) is 0 Å². The lowest BCUT2D eigenvalue weighted by atomic mass is 10.0. The molecule has 0 spiro atoms. The van der Waals surface area contributed by atoms with E-state index in [1.807, 2.05) is 19.9 Å². The summed E-state index contributed by atoms with van der Waals surface area (Å²) >= 11 is 0. The molecular formula is C21H20F3N5O2. The van der Waals surface area contributed by atoms with Crippen LogP contribution in [0.25, 0.3) is 11.1 Å². The number of amides is 1. The number of carbonyl (C=O) groups excluding carboxylic acids is 1. The monoisotopic (exact) mass is 431 g/mol. The molecule has 0 saturated heterocycles. The molecule has 0 aliphatic carbocycles. The van der Waals surface area contributed by atoms with Crippen LogP contribution in [0.5, 0.6) is 5.75 Å². The number of ether oxygens (including phenoxy) is 1. The van der Waals surface area contributed by atoms with Crippen molar-refractivity contribution in [3.05, 3.63) is 53.7 Å². The Balaban J connectivity index is 1.78. The number of alkyl halides is 3. The van der Waals surface area contributed by atoms with Gasteiger partial charge in [-0.25, -0.2) is 4.98 Å². The fourth-order valence-electron chi connectivity index (χ4n) is 3.65. The second kappa shape index (κ2) is 7.68. The van der Waals surface area contributed by atoms with Gasteiger partial charge in [-0.3, -0.25) is 19.4 Å². The van der Waals surface area contributed by atoms with Gasteiger partial charge in [-0.2, -0.15) is 18.3 Å². The maximum Gasteiger partial charge on any atom is 0.421 e. The Hall–Kier alpha value is -3.43. The van der Waals surface area contributed by atoms with Gasteiger partial charge in [0.05, 0.1) is 18.8 Å². The molecular weight excluding hydrogens is 411 g/mol. The molecule has 0 unspecified atom stereocenters. The van der Waals surface area contributed by atoms with Crippen LogP contribution in [0.3, 0.4) is 0 Å². The van der Waals surface area contributed by atoms with E-state index in [1.165, 1.54) is 11.0 Å². The number of nitrogens with zero attached hydrogens (tertiary/aromatic N) is 5. The van der Waals surface area contributed by atoms with Crippen LogP contribution in [0, 0.1) is 6.92 Å². The van der Waals surface area contributed by atoms with Crippen molar-refractivity contribution in [2.45, 2.75) is 33.0 Å². The van der Waals surface area contributed by atoms with E-state index in [-0.39, 0.29) is 30.8 Å². The molecule has 3 aromatic heterocycles. The van der Waals surface area contributed by atoms with Crippen LogP contribution in [-0.2, 0) is 6.18 Å². The Bertz CT molecular complexity index is 1140. The largest absolute Gasteiger partial charge is 0.493 e. The predicted octanol–water partition coefficient (Wildman–Crippen LogP) is 4.29. The molecule has 0 fully saturated rings. The molecule has 0 radical (unpaired) electrons. The van der Waals surface area contributed by atoms with E-state index in [2.05, 4.69) is 15.1 Å². The third kappa shape index (κ3) is 3.73. The second-order valence-electron chi connectivity index (χ2n) is 7.27. The van der Waals surface area contributed by atoms with E-state index in [0.29, 0.717) is 17.5 Å². The average Bonchev–Trinajstić information content (AvgIpc) is 3.16. The summed E-state index contributed by atoms with van der Waals surface area (Å²) in [4.78, 5) is 22.9. The minimum absolute atomic E-state index is 0.0508. The van der Waals surface area contributed by atoms with Crippen molar-refractivity contribution in [3.63, 3.8) is 0 Å². The zero-order valence-electron chi connectivity index (χ0n) is 17.1. The molecule has 0 aromatic carbocycles. The standard InChI is InChI=1S/C21H20F3N5O2/c1-4-31-17-8-18(26-10-16(17)21(22,23)24)28-11-13(3)29-19(20(28)30)15(9-27-29)14-5-6-25-12(2)7-14/h5-10,13H,4,11H2,1-3H3/t13-/m0/s1. The van der Waals surface area contributed by atoms with Gasteiger partial charge in [0.25, 0.3) is 5.91 Å². The molecule has 7 nitrogen and oxygen atoms in total. The number of carbonyl (C=O) groups is 1. The zero-order chi connectivity index (χ0) is 22.3. The smallest absolute Gasteiger partial charge is 0.421 e. The van der Waals surface area contributed by atoms with Crippen LogP contribution in [0.2, 0.25) is 0 Å². The highest BCUT2D eigenvalue weighted by atomic mass is 19.4. The molecule has 4 rings (SSSR count). The summed E-state index contributed by atoms with van der Waals surface area (Å²) in [7, 11) is 0. The van der Waals surface area contributed by atoms with Crippen molar-refractivity contribution in [1.82, 2.24) is 19.7 Å². The molecule has 10 heteroatoms. The van der Waals surface area contributed by atoms with Gasteiger partial charge in [-0.05, 0) is 38.5 Å². The Morgan fingerprint density at radius 2 is 2.00 bits per heavy atom. The summed E-state index contributed by atoms with van der Waals surface area (Å²) in [5.41, 5.74) is 1.57. The number of hydrogen-bond donors (Lipinski definition) is 0. The molecule has 1 atom stereocenters. The van der Waals surface area contributed by atoms with Crippen LogP contribution in [-0.4, -0.2) is 38.8 Å². The minimum Gasteiger partial charge on any atom is -0.493 e. The molecule has 1 aliphatic rings. The maximum absolute atomic E-state index is 13.4. The number of fused-ring (bicyclic) bond motifs is 1. The first kappa shape index (κ1) is 20.8. The summed E-state index contributed by atoms with van der Waals surface area (Å²) in [6, 6.07) is 4.59. The quantitative estimate of drug-likeness (QED) is 0.616. The first-order chi connectivity index (χ1) is 14.7. The molecule has 162 valence electrons. The van der Waals surface area contributed by atoms with E-state index in [1.54, 1.807) is 30.1 Å². The van der Waals surface area contributed by atoms with E-state index < -0.39 is 17.6 Å². The molecule has 1 aliphatic heterocycles. The van der Waals surface area contributed by atoms with Crippen LogP contribution in [0.15, 0.2) is 36.8 Å². The number of pyridine rings is 2. The van der Waals surface area contributed by atoms with Crippen LogP contribution in [0.4, 0.5) is 19.0 Å². The van der Waals surface area contributed by atoms with Crippen LogP contribution < -0.4 is 9.64 Å². The number of aromatic nitrogens is 4. The normalized spacial score (nSPS) is 16.4. The van der Waals surface area contributed by atoms with Crippen molar-refractivity contribution in [2.75, 3.05) is 18.1 Å². The van der Waals surface area contributed by atoms with E-state index in [9.17, 15) is 18.0 Å². The fourth-order valence-corrected chi connectivity index (χ4v) is 3.65. The van der Waals surface area contributed by atoms with Crippen molar-refractivity contribution < 1.29 is 22.7 Å². The Morgan fingerprint density at radius 1 is 1.23 bits per heavy atom. The number of rotatable bonds is 4. The van der Waals surface area contributed by atoms with Gasteiger partial charge in [-0.15, -0.1) is 0 Å². The van der Waals surface area contributed by atoms with Gasteiger partial charge in [0.15, 0.2) is 0 Å². The van der Waals surface area contributed by atoms with E-state index in [4.69, 9.17) is 4.74 Å². The molecule has 0 saturated carbocycles. The lowest BCUT2D eigenvalue weighted by Gasteiger charge is -2.32. The number of hydrogen-bond acceptors (Lipinski definition) is 5. The molecule has 31 heavy (non-hydrogen) atoms. The van der Waals surface area contributed by atoms with Crippen molar-refractivity contribution in [3.8, 4) is 16.9 Å². The first-order valence-electron chi connectivity index (χ1n) is 9.73. The lowest BCUT2D eigenvalue weighted by molar-refractivity contribution is -0.139. The van der Waals surface area contributed by atoms with Gasteiger partial charge >= 0.3 is 6.18 Å². The SMILES string of the molecule is CCOc1cc(N2C[C@H](C)n3ncc(-c4ccnc(C)c4)c3C2=O)ncc1C(F)(F)F. The predicted molar refractivity (Wildman–Crippen MR) is 107 cm³/mol. The summed E-state index contributed by atoms with van der Waals surface area (Å²) < 4.78 is 46.7. The highest BCUT2D eigenvalue weighted by Gasteiger charge is 2.38. The third-order valence-corrected chi connectivity index (χ3v) is 5.05.